The molecule has 2 aromatic carbocycles. The van der Waals surface area contributed by atoms with Crippen molar-refractivity contribution in [3.63, 3.8) is 0 Å². The highest BCUT2D eigenvalue weighted by molar-refractivity contribution is 6.36. The normalized spacial score (nSPS) is 10.7. The molecule has 0 bridgehead atoms. The molecule has 0 saturated heterocycles. The Morgan fingerprint density at radius 2 is 1.69 bits per heavy atom. The van der Waals surface area contributed by atoms with Gasteiger partial charge in [0.2, 0.25) is 0 Å². The second-order valence-electron chi connectivity index (χ2n) is 6.92. The fourth-order valence-corrected chi connectivity index (χ4v) is 3.55. The van der Waals surface area contributed by atoms with Gasteiger partial charge in [-0.3, -0.25) is 0 Å². The van der Waals surface area contributed by atoms with E-state index in [2.05, 4.69) is 4.98 Å². The largest absolute Gasteiger partial charge is 0.360 e. The molecule has 7 heteroatoms. The maximum Gasteiger partial charge on any atom is 0.172 e. The summed E-state index contributed by atoms with van der Waals surface area (Å²) in [5.74, 6) is 1.45. The zero-order valence-electron chi connectivity index (χ0n) is 16.6. The highest BCUT2D eigenvalue weighted by Gasteiger charge is 2.17. The molecule has 1 heterocycles. The standard InChI is InChI=1S/C22H22Cl2N4O/c1-27(2)21-22(28(3)14-17-18(23)8-5-9-19(17)24)26-20(13-25-21)16-7-4-6-15(12-16)10-11-29/h4-9,11-13H,10,14H2,1-3H3. The quantitative estimate of drug-likeness (QED) is 0.501. The maximum atomic E-state index is 10.9. The van der Waals surface area contributed by atoms with Crippen LogP contribution in [-0.2, 0) is 17.8 Å². The Kier molecular flexibility index (Phi) is 6.72. The van der Waals surface area contributed by atoms with E-state index in [4.69, 9.17) is 28.2 Å². The van der Waals surface area contributed by atoms with Crippen LogP contribution in [0.5, 0.6) is 0 Å². The van der Waals surface area contributed by atoms with Crippen LogP contribution in [0.2, 0.25) is 10.0 Å². The van der Waals surface area contributed by atoms with E-state index < -0.39 is 0 Å². The monoisotopic (exact) mass is 428 g/mol. The molecular weight excluding hydrogens is 407 g/mol. The fourth-order valence-electron chi connectivity index (χ4n) is 3.03. The molecule has 3 aromatic rings. The molecule has 29 heavy (non-hydrogen) atoms. The van der Waals surface area contributed by atoms with Crippen molar-refractivity contribution in [1.29, 1.82) is 0 Å². The topological polar surface area (TPSA) is 49.3 Å². The molecule has 0 unspecified atom stereocenters. The van der Waals surface area contributed by atoms with Crippen LogP contribution in [0.4, 0.5) is 11.6 Å². The van der Waals surface area contributed by atoms with Crippen molar-refractivity contribution >= 4 is 41.1 Å². The van der Waals surface area contributed by atoms with Gasteiger partial charge in [-0.2, -0.15) is 0 Å². The Balaban J connectivity index is 2.01. The summed E-state index contributed by atoms with van der Waals surface area (Å²) in [5.41, 5.74) is 3.42. The van der Waals surface area contributed by atoms with Crippen LogP contribution in [0.25, 0.3) is 11.3 Å². The lowest BCUT2D eigenvalue weighted by molar-refractivity contribution is -0.107. The molecule has 3 rings (SSSR count). The van der Waals surface area contributed by atoms with Crippen LogP contribution < -0.4 is 9.80 Å². The Morgan fingerprint density at radius 1 is 1.00 bits per heavy atom. The lowest BCUT2D eigenvalue weighted by Crippen LogP contribution is -2.23. The minimum absolute atomic E-state index is 0.370. The number of carbonyl (C=O) groups is 1. The minimum atomic E-state index is 0.370. The second-order valence-corrected chi connectivity index (χ2v) is 7.74. The third-order valence-corrected chi connectivity index (χ3v) is 5.23. The van der Waals surface area contributed by atoms with Crippen molar-refractivity contribution in [2.75, 3.05) is 30.9 Å². The summed E-state index contributed by atoms with van der Waals surface area (Å²) in [4.78, 5) is 24.2. The maximum absolute atomic E-state index is 10.9. The molecule has 0 radical (unpaired) electrons. The van der Waals surface area contributed by atoms with E-state index in [-0.39, 0.29) is 0 Å². The third kappa shape index (κ3) is 4.86. The highest BCUT2D eigenvalue weighted by atomic mass is 35.5. The number of aldehydes is 1. The van der Waals surface area contributed by atoms with Crippen LogP contribution in [0, 0.1) is 0 Å². The Hall–Kier alpha value is -2.63. The van der Waals surface area contributed by atoms with Crippen LogP contribution in [0.1, 0.15) is 11.1 Å². The Morgan fingerprint density at radius 3 is 2.34 bits per heavy atom. The van der Waals surface area contributed by atoms with Crippen molar-refractivity contribution < 1.29 is 4.79 Å². The number of hydrogen-bond acceptors (Lipinski definition) is 5. The van der Waals surface area contributed by atoms with Gasteiger partial charge in [0.1, 0.15) is 6.29 Å². The first-order valence-electron chi connectivity index (χ1n) is 9.12. The predicted molar refractivity (Wildman–Crippen MR) is 120 cm³/mol. The van der Waals surface area contributed by atoms with E-state index in [9.17, 15) is 4.79 Å². The van der Waals surface area contributed by atoms with Gasteiger partial charge in [-0.05, 0) is 23.8 Å². The summed E-state index contributed by atoms with van der Waals surface area (Å²) in [7, 11) is 5.78. The van der Waals surface area contributed by atoms with E-state index >= 15 is 0 Å². The molecular formula is C22H22Cl2N4O. The number of hydrogen-bond donors (Lipinski definition) is 0. The van der Waals surface area contributed by atoms with Gasteiger partial charge in [-0.1, -0.05) is 47.5 Å². The van der Waals surface area contributed by atoms with Crippen LogP contribution >= 0.6 is 23.2 Å². The summed E-state index contributed by atoms with van der Waals surface area (Å²) in [6.07, 6.45) is 3.01. The molecule has 0 fully saturated rings. The van der Waals surface area contributed by atoms with Crippen molar-refractivity contribution in [2.24, 2.45) is 0 Å². The van der Waals surface area contributed by atoms with Gasteiger partial charge in [0.05, 0.1) is 11.9 Å². The Labute approximate surface area is 180 Å². The first-order chi connectivity index (χ1) is 13.9. The molecule has 5 nitrogen and oxygen atoms in total. The van der Waals surface area contributed by atoms with Crippen molar-refractivity contribution in [2.45, 2.75) is 13.0 Å². The third-order valence-electron chi connectivity index (χ3n) is 4.52. The van der Waals surface area contributed by atoms with Gasteiger partial charge < -0.3 is 14.6 Å². The number of carbonyl (C=O) groups excluding carboxylic acids is 1. The van der Waals surface area contributed by atoms with Gasteiger partial charge in [0, 0.05) is 55.3 Å². The van der Waals surface area contributed by atoms with Gasteiger partial charge >= 0.3 is 0 Å². The number of benzene rings is 2. The van der Waals surface area contributed by atoms with Gasteiger partial charge in [0.15, 0.2) is 11.6 Å². The summed E-state index contributed by atoms with van der Waals surface area (Å²) < 4.78 is 0. The van der Waals surface area contributed by atoms with Crippen LogP contribution in [0.15, 0.2) is 48.7 Å². The summed E-state index contributed by atoms with van der Waals surface area (Å²) in [6.45, 7) is 0.489. The number of aromatic nitrogens is 2. The van der Waals surface area contributed by atoms with E-state index in [0.29, 0.717) is 28.8 Å². The summed E-state index contributed by atoms with van der Waals surface area (Å²) >= 11 is 12.7. The second kappa shape index (κ2) is 9.25. The van der Waals surface area contributed by atoms with Crippen LogP contribution in [-0.4, -0.2) is 37.4 Å². The first-order valence-corrected chi connectivity index (χ1v) is 9.87. The van der Waals surface area contributed by atoms with E-state index in [0.717, 1.165) is 34.5 Å². The molecule has 0 atom stereocenters. The Bertz CT molecular complexity index is 1000. The molecule has 0 aliphatic rings. The molecule has 0 aliphatic carbocycles. The van der Waals surface area contributed by atoms with E-state index in [1.54, 1.807) is 6.20 Å². The number of anilines is 2. The van der Waals surface area contributed by atoms with Crippen molar-refractivity contribution in [3.05, 3.63) is 69.8 Å². The molecule has 0 N–H and O–H groups in total. The van der Waals surface area contributed by atoms with E-state index in [1.165, 1.54) is 0 Å². The fraction of sp³-hybridized carbons (Fsp3) is 0.227. The zero-order valence-corrected chi connectivity index (χ0v) is 18.1. The lowest BCUT2D eigenvalue weighted by atomic mass is 10.1. The predicted octanol–water partition coefficient (Wildman–Crippen LogP) is 4.89. The summed E-state index contributed by atoms with van der Waals surface area (Å²) in [6, 6.07) is 13.2. The van der Waals surface area contributed by atoms with Crippen LogP contribution in [0.3, 0.4) is 0 Å². The van der Waals surface area contributed by atoms with Gasteiger partial charge in [-0.15, -0.1) is 0 Å². The lowest BCUT2D eigenvalue weighted by Gasteiger charge is -2.25. The molecule has 0 amide bonds. The van der Waals surface area contributed by atoms with E-state index in [1.807, 2.05) is 73.4 Å². The number of rotatable bonds is 7. The first kappa shape index (κ1) is 21.1. The van der Waals surface area contributed by atoms with Crippen molar-refractivity contribution in [1.82, 2.24) is 9.97 Å². The molecule has 150 valence electrons. The summed E-state index contributed by atoms with van der Waals surface area (Å²) in [5, 5.41) is 1.22. The molecule has 0 aliphatic heterocycles. The number of nitrogens with zero attached hydrogens (tertiary/aromatic N) is 4. The highest BCUT2D eigenvalue weighted by Crippen LogP contribution is 2.31. The molecule has 0 saturated carbocycles. The van der Waals surface area contributed by atoms with Gasteiger partial charge in [0.25, 0.3) is 0 Å². The van der Waals surface area contributed by atoms with Crippen molar-refractivity contribution in [3.8, 4) is 11.3 Å². The molecule has 0 spiro atoms. The smallest absolute Gasteiger partial charge is 0.172 e. The number of halogens is 2. The van der Waals surface area contributed by atoms with Gasteiger partial charge in [-0.25, -0.2) is 9.97 Å². The average molecular weight is 429 g/mol. The molecule has 1 aromatic heterocycles. The SMILES string of the molecule is CN(C)c1ncc(-c2cccc(CC=O)c2)nc1N(C)Cc1c(Cl)cccc1Cl. The zero-order chi connectivity index (χ0) is 21.0. The average Bonchev–Trinajstić information content (AvgIpc) is 2.70. The minimum Gasteiger partial charge on any atom is -0.360 e.